The van der Waals surface area contributed by atoms with Gasteiger partial charge in [-0.05, 0) is 67.6 Å². The van der Waals surface area contributed by atoms with E-state index in [-0.39, 0.29) is 6.61 Å². The van der Waals surface area contributed by atoms with Gasteiger partial charge >= 0.3 is 6.09 Å². The van der Waals surface area contributed by atoms with Crippen LogP contribution in [-0.2, 0) is 13.2 Å². The summed E-state index contributed by atoms with van der Waals surface area (Å²) in [6.07, 6.45) is -0.922. The quantitative estimate of drug-likeness (QED) is 0.873. The van der Waals surface area contributed by atoms with Crippen molar-refractivity contribution in [2.24, 2.45) is 0 Å². The topological polar surface area (TPSA) is 60.8 Å². The molecule has 0 spiro atoms. The van der Waals surface area contributed by atoms with Crippen LogP contribution in [0.5, 0.6) is 0 Å². The van der Waals surface area contributed by atoms with Crippen molar-refractivity contribution in [1.82, 2.24) is 4.90 Å². The fourth-order valence-electron chi connectivity index (χ4n) is 2.63. The molecule has 0 atom stereocenters. The summed E-state index contributed by atoms with van der Waals surface area (Å²) >= 11 is 0. The molecule has 2 N–H and O–H groups in total. The van der Waals surface area contributed by atoms with E-state index in [0.717, 1.165) is 27.8 Å². The largest absolute Gasteiger partial charge is 0.465 e. The lowest BCUT2D eigenvalue weighted by Crippen LogP contribution is -2.44. The van der Waals surface area contributed by atoms with Crippen molar-refractivity contribution in [2.75, 3.05) is 0 Å². The molecule has 4 nitrogen and oxygen atoms in total. The molecule has 24 heavy (non-hydrogen) atoms. The number of aliphatic hydroxyl groups excluding tert-OH is 1. The number of nitrogens with zero attached hydrogens (tertiary/aromatic N) is 1. The second-order valence-corrected chi connectivity index (χ2v) is 7.04. The molecular weight excluding hydrogens is 302 g/mol. The summed E-state index contributed by atoms with van der Waals surface area (Å²) in [5, 5.41) is 18.8. The van der Waals surface area contributed by atoms with Crippen LogP contribution >= 0.6 is 0 Å². The van der Waals surface area contributed by atoms with Crippen molar-refractivity contribution in [3.8, 4) is 11.1 Å². The van der Waals surface area contributed by atoms with Crippen molar-refractivity contribution in [1.29, 1.82) is 0 Å². The first-order chi connectivity index (χ1) is 11.2. The Bertz CT molecular complexity index is 732. The van der Waals surface area contributed by atoms with Crippen LogP contribution in [0, 0.1) is 6.92 Å². The van der Waals surface area contributed by atoms with E-state index in [1.807, 2.05) is 70.2 Å². The smallest absolute Gasteiger partial charge is 0.408 e. The van der Waals surface area contributed by atoms with Gasteiger partial charge in [-0.3, -0.25) is 4.90 Å². The Morgan fingerprint density at radius 1 is 1.08 bits per heavy atom. The third-order valence-corrected chi connectivity index (χ3v) is 4.16. The molecule has 0 aliphatic heterocycles. The van der Waals surface area contributed by atoms with Crippen LogP contribution in [-0.4, -0.2) is 26.7 Å². The van der Waals surface area contributed by atoms with E-state index in [0.29, 0.717) is 6.54 Å². The van der Waals surface area contributed by atoms with E-state index in [9.17, 15) is 15.0 Å². The number of hydrogen-bond acceptors (Lipinski definition) is 2. The number of hydrogen-bond donors (Lipinski definition) is 2. The Balaban J connectivity index is 2.39. The van der Waals surface area contributed by atoms with Gasteiger partial charge in [-0.15, -0.1) is 0 Å². The molecule has 0 aliphatic carbocycles. The Labute approximate surface area is 143 Å². The van der Waals surface area contributed by atoms with E-state index in [2.05, 4.69) is 0 Å². The van der Waals surface area contributed by atoms with Gasteiger partial charge in [0.2, 0.25) is 0 Å². The van der Waals surface area contributed by atoms with Gasteiger partial charge in [0.05, 0.1) is 6.61 Å². The van der Waals surface area contributed by atoms with Gasteiger partial charge in [-0.25, -0.2) is 4.79 Å². The highest BCUT2D eigenvalue weighted by Crippen LogP contribution is 2.26. The normalized spacial score (nSPS) is 11.4. The summed E-state index contributed by atoms with van der Waals surface area (Å²) in [5.41, 5.74) is 4.47. The fraction of sp³-hybridized carbons (Fsp3) is 0.350. The van der Waals surface area contributed by atoms with Crippen LogP contribution in [0.25, 0.3) is 11.1 Å². The van der Waals surface area contributed by atoms with E-state index >= 15 is 0 Å². The molecule has 128 valence electrons. The van der Waals surface area contributed by atoms with Gasteiger partial charge in [0.1, 0.15) is 0 Å². The summed E-state index contributed by atoms with van der Waals surface area (Å²) in [4.78, 5) is 13.0. The molecule has 0 radical (unpaired) electrons. The molecule has 0 bridgehead atoms. The number of aryl methyl sites for hydroxylation is 1. The van der Waals surface area contributed by atoms with Crippen molar-refractivity contribution >= 4 is 6.09 Å². The standard InChI is InChI=1S/C20H25NO3/c1-14-8-9-17(16-7-5-6-15(10-16)13-22)11-18(14)12-21(19(23)24)20(2,3)4/h5-11,22H,12-13H2,1-4H3,(H,23,24). The van der Waals surface area contributed by atoms with Crippen molar-refractivity contribution in [3.05, 3.63) is 59.2 Å². The molecule has 0 aromatic heterocycles. The summed E-state index contributed by atoms with van der Waals surface area (Å²) in [5.74, 6) is 0. The minimum Gasteiger partial charge on any atom is -0.465 e. The van der Waals surface area contributed by atoms with Gasteiger partial charge in [0, 0.05) is 12.1 Å². The molecule has 0 saturated carbocycles. The zero-order valence-corrected chi connectivity index (χ0v) is 14.7. The Kier molecular flexibility index (Phi) is 5.30. The Morgan fingerprint density at radius 3 is 2.33 bits per heavy atom. The van der Waals surface area contributed by atoms with Crippen LogP contribution in [0.2, 0.25) is 0 Å². The number of rotatable bonds is 4. The number of carboxylic acid groups (broad SMARTS) is 1. The van der Waals surface area contributed by atoms with Gasteiger partial charge < -0.3 is 10.2 Å². The molecule has 1 amide bonds. The Morgan fingerprint density at radius 2 is 1.75 bits per heavy atom. The lowest BCUT2D eigenvalue weighted by atomic mass is 9.97. The first-order valence-electron chi connectivity index (χ1n) is 8.02. The molecule has 2 rings (SSSR count). The summed E-state index contributed by atoms with van der Waals surface area (Å²) in [6.45, 7) is 8.02. The highest BCUT2D eigenvalue weighted by Gasteiger charge is 2.26. The molecular formula is C20H25NO3. The fourth-order valence-corrected chi connectivity index (χ4v) is 2.63. The maximum absolute atomic E-state index is 11.6. The zero-order chi connectivity index (χ0) is 17.9. The molecule has 0 fully saturated rings. The zero-order valence-electron chi connectivity index (χ0n) is 14.7. The average molecular weight is 327 g/mol. The van der Waals surface area contributed by atoms with Crippen molar-refractivity contribution < 1.29 is 15.0 Å². The van der Waals surface area contributed by atoms with Gasteiger partial charge in [-0.1, -0.05) is 30.3 Å². The van der Waals surface area contributed by atoms with E-state index < -0.39 is 11.6 Å². The number of amides is 1. The first kappa shape index (κ1) is 18.0. The second kappa shape index (κ2) is 7.05. The first-order valence-corrected chi connectivity index (χ1v) is 8.02. The lowest BCUT2D eigenvalue weighted by molar-refractivity contribution is 0.0954. The van der Waals surface area contributed by atoms with Gasteiger partial charge in [-0.2, -0.15) is 0 Å². The molecule has 0 aliphatic rings. The predicted octanol–water partition coefficient (Wildman–Crippen LogP) is 4.43. The van der Waals surface area contributed by atoms with E-state index in [1.165, 1.54) is 4.90 Å². The predicted molar refractivity (Wildman–Crippen MR) is 95.9 cm³/mol. The number of benzene rings is 2. The van der Waals surface area contributed by atoms with E-state index in [4.69, 9.17) is 0 Å². The molecule has 0 saturated heterocycles. The third-order valence-electron chi connectivity index (χ3n) is 4.16. The summed E-state index contributed by atoms with van der Waals surface area (Å²) < 4.78 is 0. The second-order valence-electron chi connectivity index (χ2n) is 7.04. The minimum atomic E-state index is -0.922. The minimum absolute atomic E-state index is 0.00335. The third kappa shape index (κ3) is 4.15. The van der Waals surface area contributed by atoms with Crippen LogP contribution in [0.3, 0.4) is 0 Å². The van der Waals surface area contributed by atoms with Crippen LogP contribution in [0.15, 0.2) is 42.5 Å². The van der Waals surface area contributed by atoms with Crippen LogP contribution in [0.1, 0.15) is 37.5 Å². The highest BCUT2D eigenvalue weighted by molar-refractivity contribution is 5.68. The summed E-state index contributed by atoms with van der Waals surface area (Å²) in [6, 6.07) is 13.8. The lowest BCUT2D eigenvalue weighted by Gasteiger charge is -2.33. The highest BCUT2D eigenvalue weighted by atomic mass is 16.4. The molecule has 0 heterocycles. The monoisotopic (exact) mass is 327 g/mol. The SMILES string of the molecule is Cc1ccc(-c2cccc(CO)c2)cc1CN(C(=O)O)C(C)(C)C. The molecule has 4 heteroatoms. The molecule has 2 aromatic carbocycles. The summed E-state index contributed by atoms with van der Waals surface area (Å²) in [7, 11) is 0. The van der Waals surface area contributed by atoms with Gasteiger partial charge in [0.25, 0.3) is 0 Å². The van der Waals surface area contributed by atoms with E-state index in [1.54, 1.807) is 0 Å². The van der Waals surface area contributed by atoms with Gasteiger partial charge in [0.15, 0.2) is 0 Å². The van der Waals surface area contributed by atoms with Crippen molar-refractivity contribution in [2.45, 2.75) is 46.4 Å². The molecule has 2 aromatic rings. The van der Waals surface area contributed by atoms with Crippen LogP contribution in [0.4, 0.5) is 4.79 Å². The number of carbonyl (C=O) groups is 1. The number of aliphatic hydroxyl groups is 1. The van der Waals surface area contributed by atoms with Crippen LogP contribution < -0.4 is 0 Å². The molecule has 0 unspecified atom stereocenters. The van der Waals surface area contributed by atoms with Crippen molar-refractivity contribution in [3.63, 3.8) is 0 Å². The average Bonchev–Trinajstić information content (AvgIpc) is 2.52. The maximum Gasteiger partial charge on any atom is 0.408 e. The maximum atomic E-state index is 11.6. The Hall–Kier alpha value is -2.33.